The Labute approximate surface area is 122 Å². The van der Waals surface area contributed by atoms with Crippen molar-refractivity contribution in [3.8, 4) is 0 Å². The first-order valence-corrected chi connectivity index (χ1v) is 8.12. The van der Waals surface area contributed by atoms with Crippen LogP contribution in [0.5, 0.6) is 0 Å². The fraction of sp³-hybridized carbons (Fsp3) is 0.647. The molecule has 0 amide bonds. The Kier molecular flexibility index (Phi) is 5.72. The lowest BCUT2D eigenvalue weighted by atomic mass is 9.99. The van der Waals surface area contributed by atoms with Gasteiger partial charge in [-0.05, 0) is 42.9 Å². The van der Waals surface area contributed by atoms with Crippen molar-refractivity contribution in [1.29, 1.82) is 0 Å². The summed E-state index contributed by atoms with van der Waals surface area (Å²) in [7, 11) is 0. The van der Waals surface area contributed by atoms with Crippen molar-refractivity contribution in [2.45, 2.75) is 64.5 Å². The van der Waals surface area contributed by atoms with E-state index in [0.29, 0.717) is 12.1 Å². The average Bonchev–Trinajstić information content (AvgIpc) is 3.22. The summed E-state index contributed by atoms with van der Waals surface area (Å²) in [6.45, 7) is 4.55. The monoisotopic (exact) mass is 279 g/mol. The largest absolute Gasteiger partial charge is 0.307 e. The molecule has 19 heavy (non-hydrogen) atoms. The first-order valence-electron chi connectivity index (χ1n) is 7.74. The summed E-state index contributed by atoms with van der Waals surface area (Å²) in [5.74, 6) is 0.991. The molecular formula is C17H26ClN. The van der Waals surface area contributed by atoms with Gasteiger partial charge in [0.25, 0.3) is 0 Å². The zero-order valence-electron chi connectivity index (χ0n) is 12.2. The maximum Gasteiger partial charge on any atom is 0.0406 e. The highest BCUT2D eigenvalue weighted by Gasteiger charge is 2.26. The predicted octanol–water partition coefficient (Wildman–Crippen LogP) is 5.35. The van der Waals surface area contributed by atoms with Gasteiger partial charge in [-0.2, -0.15) is 0 Å². The van der Waals surface area contributed by atoms with Crippen molar-refractivity contribution < 1.29 is 0 Å². The minimum Gasteiger partial charge on any atom is -0.307 e. The van der Waals surface area contributed by atoms with E-state index in [0.717, 1.165) is 10.9 Å². The van der Waals surface area contributed by atoms with Crippen LogP contribution >= 0.6 is 11.6 Å². The number of rotatable bonds is 8. The van der Waals surface area contributed by atoms with E-state index in [-0.39, 0.29) is 0 Å². The van der Waals surface area contributed by atoms with Crippen LogP contribution in [0.4, 0.5) is 0 Å². The summed E-state index contributed by atoms with van der Waals surface area (Å²) in [6, 6.07) is 9.48. The summed E-state index contributed by atoms with van der Waals surface area (Å²) < 4.78 is 0. The van der Waals surface area contributed by atoms with E-state index < -0.39 is 0 Å². The zero-order chi connectivity index (χ0) is 13.7. The second-order valence-electron chi connectivity index (χ2n) is 5.84. The standard InChI is InChI=1S/C17H26ClN/c1-3-5-17(14-8-10-15(18)11-9-14)19-16(4-2)12-13-6-7-13/h8-11,13,16-17,19H,3-7,12H2,1-2H3. The van der Waals surface area contributed by atoms with Gasteiger partial charge in [-0.15, -0.1) is 0 Å². The molecule has 2 atom stereocenters. The molecule has 1 aromatic carbocycles. The Balaban J connectivity index is 1.98. The summed E-state index contributed by atoms with van der Waals surface area (Å²) >= 11 is 5.98. The molecule has 2 unspecified atom stereocenters. The van der Waals surface area contributed by atoms with Crippen molar-refractivity contribution in [2.75, 3.05) is 0 Å². The minimum absolute atomic E-state index is 0.478. The lowest BCUT2D eigenvalue weighted by Crippen LogP contribution is -2.32. The SMILES string of the molecule is CCCC(NC(CC)CC1CC1)c1ccc(Cl)cc1. The third-order valence-electron chi connectivity index (χ3n) is 4.09. The third kappa shape index (κ3) is 4.81. The van der Waals surface area contributed by atoms with Crippen LogP contribution in [0.3, 0.4) is 0 Å². The minimum atomic E-state index is 0.478. The van der Waals surface area contributed by atoms with Gasteiger partial charge in [0.05, 0.1) is 0 Å². The van der Waals surface area contributed by atoms with Crippen molar-refractivity contribution in [1.82, 2.24) is 5.32 Å². The molecule has 1 aromatic rings. The van der Waals surface area contributed by atoms with E-state index >= 15 is 0 Å². The normalized spacial score (nSPS) is 18.3. The zero-order valence-corrected chi connectivity index (χ0v) is 12.9. The van der Waals surface area contributed by atoms with E-state index in [4.69, 9.17) is 11.6 Å². The fourth-order valence-corrected chi connectivity index (χ4v) is 2.85. The van der Waals surface area contributed by atoms with Gasteiger partial charge in [-0.25, -0.2) is 0 Å². The molecule has 1 aliphatic carbocycles. The molecule has 0 radical (unpaired) electrons. The topological polar surface area (TPSA) is 12.0 Å². The van der Waals surface area contributed by atoms with Crippen LogP contribution in [0.2, 0.25) is 5.02 Å². The number of benzene rings is 1. The molecule has 0 aromatic heterocycles. The predicted molar refractivity (Wildman–Crippen MR) is 83.7 cm³/mol. The summed E-state index contributed by atoms with van der Waals surface area (Å²) in [5.41, 5.74) is 1.38. The van der Waals surface area contributed by atoms with Crippen LogP contribution in [-0.2, 0) is 0 Å². The van der Waals surface area contributed by atoms with E-state index in [1.165, 1.54) is 44.1 Å². The first kappa shape index (κ1) is 14.9. The van der Waals surface area contributed by atoms with E-state index in [2.05, 4.69) is 31.3 Å². The maximum absolute atomic E-state index is 5.98. The molecule has 1 fully saturated rings. The second-order valence-corrected chi connectivity index (χ2v) is 6.28. The number of hydrogen-bond acceptors (Lipinski definition) is 1. The Hall–Kier alpha value is -0.530. The Morgan fingerprint density at radius 1 is 1.21 bits per heavy atom. The van der Waals surface area contributed by atoms with Gasteiger partial charge in [0.15, 0.2) is 0 Å². The van der Waals surface area contributed by atoms with Gasteiger partial charge >= 0.3 is 0 Å². The fourth-order valence-electron chi connectivity index (χ4n) is 2.72. The summed E-state index contributed by atoms with van der Waals surface area (Å²) in [4.78, 5) is 0. The van der Waals surface area contributed by atoms with Crippen LogP contribution in [-0.4, -0.2) is 6.04 Å². The molecular weight excluding hydrogens is 254 g/mol. The van der Waals surface area contributed by atoms with Crippen molar-refractivity contribution in [2.24, 2.45) is 5.92 Å². The molecule has 0 bridgehead atoms. The van der Waals surface area contributed by atoms with Crippen LogP contribution in [0.25, 0.3) is 0 Å². The van der Waals surface area contributed by atoms with Crippen molar-refractivity contribution in [3.05, 3.63) is 34.9 Å². The van der Waals surface area contributed by atoms with Crippen molar-refractivity contribution >= 4 is 11.6 Å². The average molecular weight is 280 g/mol. The second kappa shape index (κ2) is 7.31. The highest BCUT2D eigenvalue weighted by Crippen LogP contribution is 2.35. The molecule has 2 heteroatoms. The summed E-state index contributed by atoms with van der Waals surface area (Å²) in [6.07, 6.45) is 7.87. The van der Waals surface area contributed by atoms with E-state index in [1.807, 2.05) is 12.1 Å². The van der Waals surface area contributed by atoms with E-state index in [1.54, 1.807) is 0 Å². The lowest BCUT2D eigenvalue weighted by Gasteiger charge is -2.25. The van der Waals surface area contributed by atoms with Crippen LogP contribution in [0.1, 0.15) is 64.0 Å². The van der Waals surface area contributed by atoms with Gasteiger partial charge in [0.1, 0.15) is 0 Å². The Morgan fingerprint density at radius 3 is 2.42 bits per heavy atom. The van der Waals surface area contributed by atoms with Gasteiger partial charge in [0, 0.05) is 17.1 Å². The quantitative estimate of drug-likeness (QED) is 0.676. The van der Waals surface area contributed by atoms with Gasteiger partial charge < -0.3 is 5.32 Å². The molecule has 1 nitrogen and oxygen atoms in total. The maximum atomic E-state index is 5.98. The van der Waals surface area contributed by atoms with Crippen molar-refractivity contribution in [3.63, 3.8) is 0 Å². The smallest absolute Gasteiger partial charge is 0.0406 e. The lowest BCUT2D eigenvalue weighted by molar-refractivity contribution is 0.375. The van der Waals surface area contributed by atoms with E-state index in [9.17, 15) is 0 Å². The highest BCUT2D eigenvalue weighted by atomic mass is 35.5. The van der Waals surface area contributed by atoms with Crippen LogP contribution in [0, 0.1) is 5.92 Å². The highest BCUT2D eigenvalue weighted by molar-refractivity contribution is 6.30. The van der Waals surface area contributed by atoms with Gasteiger partial charge in [-0.1, -0.05) is 56.8 Å². The molecule has 0 heterocycles. The van der Waals surface area contributed by atoms with Crippen LogP contribution in [0.15, 0.2) is 24.3 Å². The molecule has 1 saturated carbocycles. The number of nitrogens with one attached hydrogen (secondary N) is 1. The molecule has 0 aliphatic heterocycles. The number of halogens is 1. The molecule has 0 saturated heterocycles. The molecule has 1 N–H and O–H groups in total. The molecule has 2 rings (SSSR count). The third-order valence-corrected chi connectivity index (χ3v) is 4.35. The Bertz CT molecular complexity index is 369. The van der Waals surface area contributed by atoms with Gasteiger partial charge in [0.2, 0.25) is 0 Å². The summed E-state index contributed by atoms with van der Waals surface area (Å²) in [5, 5.41) is 4.69. The molecule has 0 spiro atoms. The Morgan fingerprint density at radius 2 is 1.89 bits per heavy atom. The molecule has 1 aliphatic rings. The number of hydrogen-bond donors (Lipinski definition) is 1. The molecule has 106 valence electrons. The van der Waals surface area contributed by atoms with Crippen LogP contribution < -0.4 is 5.32 Å². The first-order chi connectivity index (χ1) is 9.22. The van der Waals surface area contributed by atoms with Gasteiger partial charge in [-0.3, -0.25) is 0 Å².